The van der Waals surface area contributed by atoms with E-state index in [1.807, 2.05) is 0 Å². The van der Waals surface area contributed by atoms with Crippen LogP contribution in [-0.4, -0.2) is 18.1 Å². The Labute approximate surface area is 135 Å². The van der Waals surface area contributed by atoms with E-state index in [1.165, 1.54) is 19.2 Å². The van der Waals surface area contributed by atoms with Crippen molar-refractivity contribution in [2.24, 2.45) is 0 Å². The SMILES string of the molecule is COc1ccc(Cl)cc1NC(=O)Nc1ccc(F)c([N+](=O)[O-])c1. The molecule has 0 radical (unpaired) electrons. The molecular weight excluding hydrogens is 329 g/mol. The van der Waals surface area contributed by atoms with Gasteiger partial charge in [0.05, 0.1) is 17.7 Å². The van der Waals surface area contributed by atoms with Crippen molar-refractivity contribution in [2.75, 3.05) is 17.7 Å². The minimum atomic E-state index is -0.988. The smallest absolute Gasteiger partial charge is 0.323 e. The fraction of sp³-hybridized carbons (Fsp3) is 0.0714. The molecule has 0 heterocycles. The lowest BCUT2D eigenvalue weighted by Crippen LogP contribution is -2.20. The minimum absolute atomic E-state index is 0.0663. The summed E-state index contributed by atoms with van der Waals surface area (Å²) in [4.78, 5) is 21.7. The second-order valence-corrected chi connectivity index (χ2v) is 4.78. The quantitative estimate of drug-likeness (QED) is 0.649. The van der Waals surface area contributed by atoms with E-state index >= 15 is 0 Å². The van der Waals surface area contributed by atoms with E-state index in [4.69, 9.17) is 16.3 Å². The lowest BCUT2D eigenvalue weighted by molar-refractivity contribution is -0.387. The molecular formula is C14H11ClFN3O4. The number of nitro benzene ring substituents is 1. The Morgan fingerprint density at radius 2 is 2.00 bits per heavy atom. The zero-order valence-corrected chi connectivity index (χ0v) is 12.6. The molecule has 0 saturated heterocycles. The first kappa shape index (κ1) is 16.5. The van der Waals surface area contributed by atoms with Crippen molar-refractivity contribution in [2.45, 2.75) is 0 Å². The van der Waals surface area contributed by atoms with Gasteiger partial charge in [0.2, 0.25) is 5.82 Å². The lowest BCUT2D eigenvalue weighted by atomic mass is 10.2. The summed E-state index contributed by atoms with van der Waals surface area (Å²) >= 11 is 5.85. The summed E-state index contributed by atoms with van der Waals surface area (Å²) in [6, 6.07) is 6.97. The maximum Gasteiger partial charge on any atom is 0.323 e. The first-order valence-electron chi connectivity index (χ1n) is 6.26. The van der Waals surface area contributed by atoms with E-state index in [1.54, 1.807) is 12.1 Å². The molecule has 0 spiro atoms. The molecule has 0 aliphatic carbocycles. The number of methoxy groups -OCH3 is 1. The topological polar surface area (TPSA) is 93.5 Å². The van der Waals surface area contributed by atoms with Crippen LogP contribution in [0.3, 0.4) is 0 Å². The number of ether oxygens (including phenoxy) is 1. The first-order valence-corrected chi connectivity index (χ1v) is 6.64. The van der Waals surface area contributed by atoms with E-state index < -0.39 is 22.5 Å². The Bertz CT molecular complexity index is 770. The van der Waals surface area contributed by atoms with Gasteiger partial charge in [-0.1, -0.05) is 11.6 Å². The fourth-order valence-corrected chi connectivity index (χ4v) is 1.96. The van der Waals surface area contributed by atoms with Crippen LogP contribution in [0.4, 0.5) is 26.2 Å². The van der Waals surface area contributed by atoms with E-state index in [-0.39, 0.29) is 5.69 Å². The summed E-state index contributed by atoms with van der Waals surface area (Å²) in [6.07, 6.45) is 0. The van der Waals surface area contributed by atoms with Crippen LogP contribution in [0.2, 0.25) is 5.02 Å². The maximum atomic E-state index is 13.2. The van der Waals surface area contributed by atoms with Crippen LogP contribution >= 0.6 is 11.6 Å². The molecule has 0 aliphatic rings. The predicted octanol–water partition coefficient (Wildman–Crippen LogP) is 4.04. The number of benzene rings is 2. The van der Waals surface area contributed by atoms with Crippen molar-refractivity contribution < 1.29 is 18.8 Å². The average molecular weight is 340 g/mol. The Morgan fingerprint density at radius 1 is 1.26 bits per heavy atom. The summed E-state index contributed by atoms with van der Waals surface area (Å²) in [5.41, 5.74) is -0.353. The van der Waals surface area contributed by atoms with Crippen LogP contribution in [-0.2, 0) is 0 Å². The van der Waals surface area contributed by atoms with Gasteiger partial charge in [0.15, 0.2) is 0 Å². The first-order chi connectivity index (χ1) is 10.9. The number of amides is 2. The molecule has 2 aromatic rings. The van der Waals surface area contributed by atoms with Gasteiger partial charge in [-0.15, -0.1) is 0 Å². The van der Waals surface area contributed by atoms with Gasteiger partial charge in [0.25, 0.3) is 0 Å². The molecule has 0 bridgehead atoms. The van der Waals surface area contributed by atoms with Gasteiger partial charge in [-0.3, -0.25) is 10.1 Å². The Balaban J connectivity index is 2.16. The number of nitrogens with one attached hydrogen (secondary N) is 2. The molecule has 120 valence electrons. The molecule has 0 aliphatic heterocycles. The van der Waals surface area contributed by atoms with Gasteiger partial charge in [-0.25, -0.2) is 4.79 Å². The highest BCUT2D eigenvalue weighted by Crippen LogP contribution is 2.28. The maximum absolute atomic E-state index is 13.2. The predicted molar refractivity (Wildman–Crippen MR) is 83.7 cm³/mol. The van der Waals surface area contributed by atoms with Crippen molar-refractivity contribution in [3.05, 3.63) is 57.4 Å². The van der Waals surface area contributed by atoms with Crippen LogP contribution in [0.25, 0.3) is 0 Å². The van der Waals surface area contributed by atoms with Gasteiger partial charge in [0, 0.05) is 16.8 Å². The number of hydrogen-bond acceptors (Lipinski definition) is 4. The Morgan fingerprint density at radius 3 is 2.65 bits per heavy atom. The lowest BCUT2D eigenvalue weighted by Gasteiger charge is -2.11. The van der Waals surface area contributed by atoms with Crippen molar-refractivity contribution >= 4 is 34.7 Å². The molecule has 7 nitrogen and oxygen atoms in total. The standard InChI is InChI=1S/C14H11ClFN3O4/c1-23-13-5-2-8(15)6-11(13)18-14(20)17-9-3-4-10(16)12(7-9)19(21)22/h2-7H,1H3,(H2,17,18,20). The van der Waals surface area contributed by atoms with Gasteiger partial charge < -0.3 is 15.4 Å². The molecule has 0 atom stereocenters. The van der Waals surface area contributed by atoms with Gasteiger partial charge in [-0.05, 0) is 30.3 Å². The molecule has 0 aromatic heterocycles. The molecule has 2 rings (SSSR count). The third kappa shape index (κ3) is 4.07. The summed E-state index contributed by atoms with van der Waals surface area (Å²) in [5.74, 6) is -0.605. The normalized spacial score (nSPS) is 10.0. The fourth-order valence-electron chi connectivity index (χ4n) is 1.79. The highest BCUT2D eigenvalue weighted by Gasteiger charge is 2.16. The molecule has 0 fully saturated rings. The number of carbonyl (C=O) groups is 1. The van der Waals surface area contributed by atoms with Crippen molar-refractivity contribution in [1.29, 1.82) is 0 Å². The average Bonchev–Trinajstić information content (AvgIpc) is 2.49. The molecule has 0 saturated carbocycles. The summed E-state index contributed by atoms with van der Waals surface area (Å²) in [7, 11) is 1.43. The largest absolute Gasteiger partial charge is 0.495 e. The number of halogens is 2. The van der Waals surface area contributed by atoms with Crippen LogP contribution in [0, 0.1) is 15.9 Å². The Hall–Kier alpha value is -2.87. The van der Waals surface area contributed by atoms with E-state index in [2.05, 4.69) is 10.6 Å². The van der Waals surface area contributed by atoms with Crippen molar-refractivity contribution in [3.8, 4) is 5.75 Å². The van der Waals surface area contributed by atoms with Crippen LogP contribution in [0.1, 0.15) is 0 Å². The monoisotopic (exact) mass is 339 g/mol. The second-order valence-electron chi connectivity index (χ2n) is 4.35. The van der Waals surface area contributed by atoms with Crippen LogP contribution < -0.4 is 15.4 Å². The summed E-state index contributed by atoms with van der Waals surface area (Å²) in [5, 5.41) is 15.9. The molecule has 23 heavy (non-hydrogen) atoms. The molecule has 0 unspecified atom stereocenters. The number of rotatable bonds is 4. The molecule has 2 N–H and O–H groups in total. The van der Waals surface area contributed by atoms with Crippen LogP contribution in [0.15, 0.2) is 36.4 Å². The summed E-state index contributed by atoms with van der Waals surface area (Å²) in [6.45, 7) is 0. The Kier molecular flexibility index (Phi) is 4.97. The number of carbonyl (C=O) groups excluding carboxylic acids is 1. The number of nitro groups is 1. The minimum Gasteiger partial charge on any atom is -0.495 e. The zero-order valence-electron chi connectivity index (χ0n) is 11.8. The molecule has 2 aromatic carbocycles. The second kappa shape index (κ2) is 6.93. The van der Waals surface area contributed by atoms with E-state index in [9.17, 15) is 19.3 Å². The number of anilines is 2. The third-order valence-corrected chi connectivity index (χ3v) is 3.05. The number of nitrogens with zero attached hydrogens (tertiary/aromatic N) is 1. The number of urea groups is 1. The van der Waals surface area contributed by atoms with Crippen molar-refractivity contribution in [3.63, 3.8) is 0 Å². The van der Waals surface area contributed by atoms with Gasteiger partial charge >= 0.3 is 11.7 Å². The van der Waals surface area contributed by atoms with Crippen molar-refractivity contribution in [1.82, 2.24) is 0 Å². The number of hydrogen-bond donors (Lipinski definition) is 2. The molecule has 2 amide bonds. The zero-order chi connectivity index (χ0) is 17.0. The highest BCUT2D eigenvalue weighted by molar-refractivity contribution is 6.31. The summed E-state index contributed by atoms with van der Waals surface area (Å²) < 4.78 is 18.3. The van der Waals surface area contributed by atoms with E-state index in [0.717, 1.165) is 12.1 Å². The highest BCUT2D eigenvalue weighted by atomic mass is 35.5. The van der Waals surface area contributed by atoms with E-state index in [0.29, 0.717) is 16.5 Å². The van der Waals surface area contributed by atoms with Crippen LogP contribution in [0.5, 0.6) is 5.75 Å². The molecule has 9 heteroatoms. The van der Waals surface area contributed by atoms with Gasteiger partial charge in [0.1, 0.15) is 5.75 Å². The third-order valence-electron chi connectivity index (χ3n) is 2.81. The van der Waals surface area contributed by atoms with Gasteiger partial charge in [-0.2, -0.15) is 4.39 Å².